The van der Waals surface area contributed by atoms with Gasteiger partial charge in [0.05, 0.1) is 17.6 Å². The number of hydrogen-bond acceptors (Lipinski definition) is 2. The van der Waals surface area contributed by atoms with Crippen LogP contribution in [-0.4, -0.2) is 19.6 Å². The highest BCUT2D eigenvalue weighted by molar-refractivity contribution is 5.57. The van der Waals surface area contributed by atoms with Crippen LogP contribution in [0, 0.1) is 6.92 Å². The van der Waals surface area contributed by atoms with Crippen LogP contribution < -0.4 is 0 Å². The van der Waals surface area contributed by atoms with Gasteiger partial charge in [0.1, 0.15) is 0 Å². The maximum atomic E-state index is 4.28. The van der Waals surface area contributed by atoms with E-state index in [0.717, 1.165) is 17.0 Å². The Morgan fingerprint density at radius 1 is 1.06 bits per heavy atom. The first-order valence-corrected chi connectivity index (χ1v) is 6.16. The third-order valence-electron chi connectivity index (χ3n) is 2.00. The van der Waals surface area contributed by atoms with Gasteiger partial charge < -0.3 is 0 Å². The molecule has 2 aromatic rings. The lowest BCUT2D eigenvalue weighted by molar-refractivity contribution is 0.761. The Balaban J connectivity index is 0.000000581. The summed E-state index contributed by atoms with van der Waals surface area (Å²) in [5.41, 5.74) is 3.23. The second kappa shape index (κ2) is 7.65. The minimum atomic E-state index is 1.03. The van der Waals surface area contributed by atoms with Crippen molar-refractivity contribution < 1.29 is 0 Å². The lowest BCUT2D eigenvalue weighted by Crippen LogP contribution is -1.92. The van der Waals surface area contributed by atoms with Crippen LogP contribution >= 0.6 is 0 Å². The van der Waals surface area contributed by atoms with Crippen molar-refractivity contribution in [2.45, 2.75) is 34.6 Å². The Morgan fingerprint density at radius 2 is 1.65 bits per heavy atom. The van der Waals surface area contributed by atoms with E-state index in [9.17, 15) is 0 Å². The average molecular weight is 236 g/mol. The quantitative estimate of drug-likeness (QED) is 0.762. The molecule has 2 heterocycles. The van der Waals surface area contributed by atoms with Gasteiger partial charge in [0.25, 0.3) is 0 Å². The van der Waals surface area contributed by atoms with Crippen LogP contribution in [0.25, 0.3) is 11.3 Å². The summed E-state index contributed by atoms with van der Waals surface area (Å²) < 4.78 is 3.66. The molecule has 0 saturated carbocycles. The minimum absolute atomic E-state index is 1.03. The van der Waals surface area contributed by atoms with E-state index >= 15 is 0 Å². The van der Waals surface area contributed by atoms with E-state index < -0.39 is 0 Å². The van der Waals surface area contributed by atoms with E-state index in [1.54, 1.807) is 4.68 Å². The minimum Gasteiger partial charge on any atom is -0.275 e. The highest BCUT2D eigenvalue weighted by Gasteiger charge is 2.05. The number of rotatable bonds is 1. The van der Waals surface area contributed by atoms with Gasteiger partial charge in [0.2, 0.25) is 0 Å². The number of aromatic nitrogens is 4. The van der Waals surface area contributed by atoms with E-state index in [4.69, 9.17) is 0 Å². The van der Waals surface area contributed by atoms with Crippen LogP contribution in [0.15, 0.2) is 18.5 Å². The molecule has 0 atom stereocenters. The van der Waals surface area contributed by atoms with Crippen molar-refractivity contribution in [3.63, 3.8) is 0 Å². The Hall–Kier alpha value is -1.58. The molecule has 4 heteroatoms. The van der Waals surface area contributed by atoms with Gasteiger partial charge in [-0.1, -0.05) is 27.7 Å². The SMILES string of the molecule is CC.CC.Cc1cc(-c2cnn(C)c2)n(C)n1. The molecule has 2 aromatic heterocycles. The largest absolute Gasteiger partial charge is 0.275 e. The van der Waals surface area contributed by atoms with Gasteiger partial charge in [-0.2, -0.15) is 10.2 Å². The molecule has 0 unspecified atom stereocenters. The zero-order valence-corrected chi connectivity index (χ0v) is 12.0. The molecule has 0 aliphatic heterocycles. The van der Waals surface area contributed by atoms with Gasteiger partial charge in [-0.25, -0.2) is 0 Å². The van der Waals surface area contributed by atoms with Crippen LogP contribution in [0.2, 0.25) is 0 Å². The van der Waals surface area contributed by atoms with Gasteiger partial charge >= 0.3 is 0 Å². The summed E-state index contributed by atoms with van der Waals surface area (Å²) in [7, 11) is 3.85. The monoisotopic (exact) mass is 236 g/mol. The molecule has 0 N–H and O–H groups in total. The number of nitrogens with zero attached hydrogens (tertiary/aromatic N) is 4. The predicted octanol–water partition coefficient (Wildman–Crippen LogP) is 3.18. The zero-order chi connectivity index (χ0) is 13.4. The fraction of sp³-hybridized carbons (Fsp3) is 0.538. The molecule has 4 nitrogen and oxygen atoms in total. The highest BCUT2D eigenvalue weighted by Crippen LogP contribution is 2.17. The Morgan fingerprint density at radius 3 is 2.00 bits per heavy atom. The maximum Gasteiger partial charge on any atom is 0.0713 e. The lowest BCUT2D eigenvalue weighted by Gasteiger charge is -1.95. The summed E-state index contributed by atoms with van der Waals surface area (Å²) in [6.07, 6.45) is 3.83. The molecule has 0 spiro atoms. The zero-order valence-electron chi connectivity index (χ0n) is 12.0. The Labute approximate surface area is 104 Å². The standard InChI is InChI=1S/C9H12N4.2C2H6/c1-7-4-9(13(3)11-7)8-5-10-12(2)6-8;2*1-2/h4-6H,1-3H3;2*1-2H3. The van der Waals surface area contributed by atoms with E-state index in [2.05, 4.69) is 16.3 Å². The molecule has 0 aromatic carbocycles. The van der Waals surface area contributed by atoms with Crippen molar-refractivity contribution in [1.29, 1.82) is 0 Å². The number of aryl methyl sites for hydroxylation is 3. The molecule has 17 heavy (non-hydrogen) atoms. The molecule has 0 saturated heterocycles. The van der Waals surface area contributed by atoms with Crippen molar-refractivity contribution >= 4 is 0 Å². The maximum absolute atomic E-state index is 4.28. The molecule has 0 radical (unpaired) electrons. The highest BCUT2D eigenvalue weighted by atomic mass is 15.3. The van der Waals surface area contributed by atoms with Crippen molar-refractivity contribution in [3.05, 3.63) is 24.2 Å². The van der Waals surface area contributed by atoms with E-state index in [-0.39, 0.29) is 0 Å². The van der Waals surface area contributed by atoms with Gasteiger partial charge in [-0.3, -0.25) is 9.36 Å². The topological polar surface area (TPSA) is 35.6 Å². The fourth-order valence-electron chi connectivity index (χ4n) is 1.43. The molecule has 0 bridgehead atoms. The predicted molar refractivity (Wildman–Crippen MR) is 72.8 cm³/mol. The normalized spacial score (nSPS) is 8.88. The second-order valence-corrected chi connectivity index (χ2v) is 3.20. The summed E-state index contributed by atoms with van der Waals surface area (Å²) in [6, 6.07) is 2.05. The third-order valence-corrected chi connectivity index (χ3v) is 2.00. The van der Waals surface area contributed by atoms with Gasteiger partial charge in [-0.05, 0) is 13.0 Å². The third kappa shape index (κ3) is 4.06. The molecule has 0 aliphatic rings. The van der Waals surface area contributed by atoms with E-state index in [1.807, 2.05) is 65.8 Å². The lowest BCUT2D eigenvalue weighted by atomic mass is 10.2. The molecule has 0 fully saturated rings. The van der Waals surface area contributed by atoms with Gasteiger partial charge in [-0.15, -0.1) is 0 Å². The first-order chi connectivity index (χ1) is 8.16. The van der Waals surface area contributed by atoms with Crippen molar-refractivity contribution in [2.75, 3.05) is 0 Å². The van der Waals surface area contributed by atoms with Crippen LogP contribution in [-0.2, 0) is 14.1 Å². The molecular weight excluding hydrogens is 212 g/mol. The summed E-state index contributed by atoms with van der Waals surface area (Å²) in [6.45, 7) is 9.99. The summed E-state index contributed by atoms with van der Waals surface area (Å²) >= 11 is 0. The van der Waals surface area contributed by atoms with E-state index in [1.165, 1.54) is 0 Å². The molecule has 96 valence electrons. The fourth-order valence-corrected chi connectivity index (χ4v) is 1.43. The van der Waals surface area contributed by atoms with Crippen molar-refractivity contribution in [2.24, 2.45) is 14.1 Å². The van der Waals surface area contributed by atoms with Crippen molar-refractivity contribution in [3.8, 4) is 11.3 Å². The Bertz CT molecular complexity index is 426. The second-order valence-electron chi connectivity index (χ2n) is 3.20. The molecular formula is C13H24N4. The first-order valence-electron chi connectivity index (χ1n) is 6.16. The molecule has 2 rings (SSSR count). The van der Waals surface area contributed by atoms with E-state index in [0.29, 0.717) is 0 Å². The summed E-state index contributed by atoms with van der Waals surface area (Å²) in [5, 5.41) is 8.40. The van der Waals surface area contributed by atoms with Gasteiger partial charge in [0.15, 0.2) is 0 Å². The smallest absolute Gasteiger partial charge is 0.0713 e. The number of hydrogen-bond donors (Lipinski definition) is 0. The average Bonchev–Trinajstić information content (AvgIpc) is 2.90. The molecule has 0 aliphatic carbocycles. The van der Waals surface area contributed by atoms with Crippen LogP contribution in [0.1, 0.15) is 33.4 Å². The molecule has 0 amide bonds. The van der Waals surface area contributed by atoms with Crippen LogP contribution in [0.3, 0.4) is 0 Å². The first kappa shape index (κ1) is 15.4. The Kier molecular flexibility index (Phi) is 6.94. The van der Waals surface area contributed by atoms with Crippen molar-refractivity contribution in [1.82, 2.24) is 19.6 Å². The summed E-state index contributed by atoms with van der Waals surface area (Å²) in [5.74, 6) is 0. The summed E-state index contributed by atoms with van der Waals surface area (Å²) in [4.78, 5) is 0. The van der Waals surface area contributed by atoms with Crippen LogP contribution in [0.4, 0.5) is 0 Å². The van der Waals surface area contributed by atoms with Gasteiger partial charge in [0, 0.05) is 25.9 Å². The van der Waals surface area contributed by atoms with Crippen LogP contribution in [0.5, 0.6) is 0 Å².